The van der Waals surface area contributed by atoms with Crippen LogP contribution in [-0.4, -0.2) is 66.0 Å². The van der Waals surface area contributed by atoms with Gasteiger partial charge in [0.05, 0.1) is 0 Å². The highest BCUT2D eigenvalue weighted by Gasteiger charge is 2.26. The first-order chi connectivity index (χ1) is 9.72. The number of nitrogens with zero attached hydrogens (tertiary/aromatic N) is 4. The summed E-state index contributed by atoms with van der Waals surface area (Å²) in [4.78, 5) is 35.3. The first-order valence-corrected chi connectivity index (χ1v) is 6.51. The fraction of sp³-hybridized carbons (Fsp3) is 0.500. The number of anilines is 1. The van der Waals surface area contributed by atoms with Gasteiger partial charge in [-0.2, -0.15) is 0 Å². The molecule has 3 N–H and O–H groups in total. The number of rotatable bonds is 3. The van der Waals surface area contributed by atoms with Crippen LogP contribution in [0.2, 0.25) is 0 Å². The van der Waals surface area contributed by atoms with Crippen LogP contribution in [0.5, 0.6) is 0 Å². The third-order valence-electron chi connectivity index (χ3n) is 3.03. The van der Waals surface area contributed by atoms with Crippen LogP contribution in [-0.2, 0) is 9.59 Å². The van der Waals surface area contributed by atoms with Crippen molar-refractivity contribution in [3.05, 3.63) is 18.5 Å². The lowest BCUT2D eigenvalue weighted by atomic mass is 10.3. The van der Waals surface area contributed by atoms with E-state index in [9.17, 15) is 9.59 Å². The average molecular weight is 278 g/mol. The first kappa shape index (κ1) is 14.2. The Labute approximate surface area is 117 Å². The predicted molar refractivity (Wildman–Crippen MR) is 72.9 cm³/mol. The van der Waals surface area contributed by atoms with Gasteiger partial charge in [0.25, 0.3) is 0 Å². The molecule has 8 heteroatoms. The van der Waals surface area contributed by atoms with Crippen LogP contribution in [0.25, 0.3) is 0 Å². The van der Waals surface area contributed by atoms with Crippen molar-refractivity contribution < 1.29 is 9.59 Å². The molecular weight excluding hydrogens is 260 g/mol. The third kappa shape index (κ3) is 3.41. The molecule has 0 aromatic carbocycles. The van der Waals surface area contributed by atoms with Crippen molar-refractivity contribution in [3.63, 3.8) is 0 Å². The Bertz CT molecular complexity index is 458. The maximum Gasteiger partial charge on any atom is 0.312 e. The van der Waals surface area contributed by atoms with Crippen molar-refractivity contribution in [2.75, 3.05) is 44.2 Å². The van der Waals surface area contributed by atoms with Gasteiger partial charge in [-0.3, -0.25) is 9.59 Å². The number of carbonyl (C=O) groups excluding carboxylic acids is 2. The number of nitrogens with two attached hydrogens (primary N) is 1. The zero-order chi connectivity index (χ0) is 14.4. The molecule has 1 fully saturated rings. The molecule has 0 spiro atoms. The van der Waals surface area contributed by atoms with Gasteiger partial charge in [0, 0.05) is 51.7 Å². The highest BCUT2D eigenvalue weighted by atomic mass is 16.2. The van der Waals surface area contributed by atoms with Gasteiger partial charge in [0.2, 0.25) is 5.95 Å². The van der Waals surface area contributed by atoms with Gasteiger partial charge in [-0.25, -0.2) is 9.97 Å². The zero-order valence-corrected chi connectivity index (χ0v) is 11.2. The second kappa shape index (κ2) is 6.80. The summed E-state index contributed by atoms with van der Waals surface area (Å²) in [6, 6.07) is 1.76. The minimum atomic E-state index is -0.597. The average Bonchev–Trinajstić information content (AvgIpc) is 2.53. The van der Waals surface area contributed by atoms with Crippen molar-refractivity contribution in [2.45, 2.75) is 0 Å². The Morgan fingerprint density at radius 3 is 2.45 bits per heavy atom. The normalized spacial score (nSPS) is 15.1. The number of carbonyl (C=O) groups is 2. The molecule has 108 valence electrons. The lowest BCUT2D eigenvalue weighted by molar-refractivity contribution is -0.146. The second-order valence-electron chi connectivity index (χ2n) is 4.37. The zero-order valence-electron chi connectivity index (χ0n) is 11.2. The van der Waals surface area contributed by atoms with E-state index in [0.717, 1.165) is 0 Å². The van der Waals surface area contributed by atoms with E-state index in [-0.39, 0.29) is 0 Å². The van der Waals surface area contributed by atoms with Gasteiger partial charge in [0.1, 0.15) is 0 Å². The molecule has 0 aliphatic carbocycles. The number of aromatic nitrogens is 2. The first-order valence-electron chi connectivity index (χ1n) is 6.51. The molecule has 20 heavy (non-hydrogen) atoms. The molecule has 8 nitrogen and oxygen atoms in total. The van der Waals surface area contributed by atoms with E-state index in [2.05, 4.69) is 15.3 Å². The summed E-state index contributed by atoms with van der Waals surface area (Å²) in [5.41, 5.74) is 5.28. The monoisotopic (exact) mass is 278 g/mol. The van der Waals surface area contributed by atoms with Crippen molar-refractivity contribution >= 4 is 17.8 Å². The van der Waals surface area contributed by atoms with E-state index in [4.69, 9.17) is 5.73 Å². The summed E-state index contributed by atoms with van der Waals surface area (Å²) < 4.78 is 0. The van der Waals surface area contributed by atoms with Crippen LogP contribution in [0.3, 0.4) is 0 Å². The Kier molecular flexibility index (Phi) is 4.83. The van der Waals surface area contributed by atoms with Gasteiger partial charge in [-0.05, 0) is 6.07 Å². The Hall–Kier alpha value is -2.22. The molecular formula is C12H18N6O2. The quantitative estimate of drug-likeness (QED) is 0.632. The van der Waals surface area contributed by atoms with E-state index in [1.54, 1.807) is 18.5 Å². The molecule has 1 aliphatic rings. The molecule has 0 bridgehead atoms. The van der Waals surface area contributed by atoms with Crippen molar-refractivity contribution in [1.29, 1.82) is 0 Å². The van der Waals surface area contributed by atoms with Crippen LogP contribution in [0, 0.1) is 0 Å². The molecule has 0 radical (unpaired) electrons. The summed E-state index contributed by atoms with van der Waals surface area (Å²) in [6.07, 6.45) is 3.36. The number of piperazine rings is 1. The molecule has 0 unspecified atom stereocenters. The lowest BCUT2D eigenvalue weighted by Crippen LogP contribution is -2.53. The van der Waals surface area contributed by atoms with Crippen molar-refractivity contribution in [1.82, 2.24) is 20.2 Å². The van der Waals surface area contributed by atoms with E-state index in [1.807, 2.05) is 4.90 Å². The van der Waals surface area contributed by atoms with Crippen LogP contribution < -0.4 is 16.0 Å². The number of nitrogens with one attached hydrogen (secondary N) is 1. The van der Waals surface area contributed by atoms with Gasteiger partial charge in [-0.1, -0.05) is 0 Å². The molecule has 1 saturated heterocycles. The van der Waals surface area contributed by atoms with Crippen molar-refractivity contribution in [3.8, 4) is 0 Å². The summed E-state index contributed by atoms with van der Waals surface area (Å²) in [6.45, 7) is 2.81. The van der Waals surface area contributed by atoms with E-state index < -0.39 is 11.8 Å². The van der Waals surface area contributed by atoms with E-state index in [0.29, 0.717) is 45.2 Å². The Balaban J connectivity index is 1.85. The van der Waals surface area contributed by atoms with Gasteiger partial charge >= 0.3 is 11.8 Å². The maximum absolute atomic E-state index is 11.9. The number of amides is 2. The predicted octanol–water partition coefficient (Wildman–Crippen LogP) is -1.80. The fourth-order valence-corrected chi connectivity index (χ4v) is 1.97. The molecule has 2 amide bonds. The van der Waals surface area contributed by atoms with Gasteiger partial charge in [0.15, 0.2) is 0 Å². The molecule has 1 aromatic heterocycles. The smallest absolute Gasteiger partial charge is 0.312 e. The standard InChI is InChI=1S/C12H18N6O2/c13-2-5-14-10(19)11(20)17-6-8-18(9-7-17)12-15-3-1-4-16-12/h1,3-4H,2,5-9,13H2,(H,14,19). The topological polar surface area (TPSA) is 104 Å². The highest BCUT2D eigenvalue weighted by molar-refractivity contribution is 6.35. The Morgan fingerprint density at radius 1 is 1.20 bits per heavy atom. The summed E-state index contributed by atoms with van der Waals surface area (Å²) in [5.74, 6) is -0.459. The van der Waals surface area contributed by atoms with Crippen LogP contribution in [0.1, 0.15) is 0 Å². The van der Waals surface area contributed by atoms with Crippen LogP contribution >= 0.6 is 0 Å². The minimum Gasteiger partial charge on any atom is -0.347 e. The van der Waals surface area contributed by atoms with Gasteiger partial charge in [-0.15, -0.1) is 0 Å². The molecule has 1 aromatic rings. The molecule has 0 saturated carbocycles. The molecule has 2 heterocycles. The highest BCUT2D eigenvalue weighted by Crippen LogP contribution is 2.09. The number of hydrogen-bond acceptors (Lipinski definition) is 6. The minimum absolute atomic E-state index is 0.308. The van der Waals surface area contributed by atoms with Crippen LogP contribution in [0.4, 0.5) is 5.95 Å². The van der Waals surface area contributed by atoms with Crippen LogP contribution in [0.15, 0.2) is 18.5 Å². The fourth-order valence-electron chi connectivity index (χ4n) is 1.97. The third-order valence-corrected chi connectivity index (χ3v) is 3.03. The maximum atomic E-state index is 11.9. The second-order valence-corrected chi connectivity index (χ2v) is 4.37. The lowest BCUT2D eigenvalue weighted by Gasteiger charge is -2.34. The van der Waals surface area contributed by atoms with Gasteiger partial charge < -0.3 is 20.9 Å². The molecule has 2 rings (SSSR count). The van der Waals surface area contributed by atoms with Crippen molar-refractivity contribution in [2.24, 2.45) is 5.73 Å². The summed E-state index contributed by atoms with van der Waals surface area (Å²) in [5, 5.41) is 2.48. The SMILES string of the molecule is NCCNC(=O)C(=O)N1CCN(c2ncccn2)CC1. The van der Waals surface area contributed by atoms with E-state index >= 15 is 0 Å². The largest absolute Gasteiger partial charge is 0.347 e. The molecule has 1 aliphatic heterocycles. The number of hydrogen-bond donors (Lipinski definition) is 2. The molecule has 0 atom stereocenters. The van der Waals surface area contributed by atoms with E-state index in [1.165, 1.54) is 4.90 Å². The summed E-state index contributed by atoms with van der Waals surface area (Å²) >= 11 is 0. The summed E-state index contributed by atoms with van der Waals surface area (Å²) in [7, 11) is 0. The Morgan fingerprint density at radius 2 is 1.85 bits per heavy atom.